The number of benzene rings is 1. The van der Waals surface area contributed by atoms with Gasteiger partial charge >= 0.3 is 0 Å². The third-order valence-electron chi connectivity index (χ3n) is 2.83. The predicted molar refractivity (Wildman–Crippen MR) is 72.7 cm³/mol. The van der Waals surface area contributed by atoms with Gasteiger partial charge in [0.05, 0.1) is 11.6 Å². The van der Waals surface area contributed by atoms with E-state index in [1.807, 2.05) is 26.0 Å². The Kier molecular flexibility index (Phi) is 5.66. The number of carbonyl (C=O) groups is 1. The van der Waals surface area contributed by atoms with E-state index < -0.39 is 0 Å². The highest BCUT2D eigenvalue weighted by molar-refractivity contribution is 5.92. The maximum absolute atomic E-state index is 11.7. The van der Waals surface area contributed by atoms with E-state index in [9.17, 15) is 4.79 Å². The summed E-state index contributed by atoms with van der Waals surface area (Å²) in [5.74, 6) is -0.114. The normalized spacial score (nSPS) is 10.6. The fourth-order valence-electron chi connectivity index (χ4n) is 1.65. The summed E-state index contributed by atoms with van der Waals surface area (Å²) in [7, 11) is 0. The summed E-state index contributed by atoms with van der Waals surface area (Å²) in [4.78, 5) is 11.7. The average molecular weight is 242 g/mol. The van der Waals surface area contributed by atoms with Gasteiger partial charge < -0.3 is 5.32 Å². The lowest BCUT2D eigenvalue weighted by Gasteiger charge is -2.12. The number of carbonyl (C=O) groups excluding carboxylic acids is 1. The molecule has 3 heteroatoms. The van der Waals surface area contributed by atoms with Gasteiger partial charge in [0, 0.05) is 12.1 Å². The van der Waals surface area contributed by atoms with Crippen LogP contribution in [0.5, 0.6) is 0 Å². The molecular formula is C15H18N2O. The molecule has 0 atom stereocenters. The summed E-state index contributed by atoms with van der Waals surface area (Å²) in [5.41, 5.74) is 1.34. The molecule has 1 N–H and O–H groups in total. The minimum atomic E-state index is -0.114. The monoisotopic (exact) mass is 242 g/mol. The van der Waals surface area contributed by atoms with Crippen molar-refractivity contribution in [3.63, 3.8) is 0 Å². The van der Waals surface area contributed by atoms with Gasteiger partial charge in [0.1, 0.15) is 0 Å². The molecule has 0 saturated heterocycles. The Labute approximate surface area is 108 Å². The standard InChI is InChI=1S/C15H18N2O/c1-3-14(4-2)17-15(18)10-9-12-7-5-6-8-13(12)11-16/h5-10,14H,3-4H2,1-2H3,(H,17,18). The number of rotatable bonds is 5. The molecule has 1 rings (SSSR count). The first kappa shape index (κ1) is 14.0. The molecule has 1 amide bonds. The van der Waals surface area contributed by atoms with Crippen LogP contribution in [-0.4, -0.2) is 11.9 Å². The van der Waals surface area contributed by atoms with E-state index >= 15 is 0 Å². The van der Waals surface area contributed by atoms with Crippen molar-refractivity contribution < 1.29 is 4.79 Å². The molecule has 0 spiro atoms. The highest BCUT2D eigenvalue weighted by Crippen LogP contribution is 2.09. The van der Waals surface area contributed by atoms with Crippen LogP contribution in [0.15, 0.2) is 30.3 Å². The van der Waals surface area contributed by atoms with Crippen LogP contribution in [0.2, 0.25) is 0 Å². The highest BCUT2D eigenvalue weighted by atomic mass is 16.1. The molecule has 1 aromatic carbocycles. The molecule has 3 nitrogen and oxygen atoms in total. The lowest BCUT2D eigenvalue weighted by molar-refractivity contribution is -0.117. The zero-order valence-electron chi connectivity index (χ0n) is 10.8. The number of hydrogen-bond donors (Lipinski definition) is 1. The van der Waals surface area contributed by atoms with Gasteiger partial charge in [-0.05, 0) is 30.5 Å². The summed E-state index contributed by atoms with van der Waals surface area (Å²) in [6, 6.07) is 9.52. The lowest BCUT2D eigenvalue weighted by atomic mass is 10.1. The lowest BCUT2D eigenvalue weighted by Crippen LogP contribution is -2.32. The topological polar surface area (TPSA) is 52.9 Å². The van der Waals surface area contributed by atoms with Gasteiger partial charge in [-0.25, -0.2) is 0 Å². The van der Waals surface area contributed by atoms with Crippen molar-refractivity contribution in [2.75, 3.05) is 0 Å². The fourth-order valence-corrected chi connectivity index (χ4v) is 1.65. The largest absolute Gasteiger partial charge is 0.350 e. The van der Waals surface area contributed by atoms with E-state index in [0.29, 0.717) is 5.56 Å². The van der Waals surface area contributed by atoms with Crippen LogP contribution in [-0.2, 0) is 4.79 Å². The van der Waals surface area contributed by atoms with Crippen molar-refractivity contribution >= 4 is 12.0 Å². The first-order chi connectivity index (χ1) is 8.71. The van der Waals surface area contributed by atoms with Crippen molar-refractivity contribution in [1.29, 1.82) is 5.26 Å². The van der Waals surface area contributed by atoms with Gasteiger partial charge in [0.15, 0.2) is 0 Å². The summed E-state index contributed by atoms with van der Waals surface area (Å²) in [5, 5.41) is 11.8. The van der Waals surface area contributed by atoms with Gasteiger partial charge in [-0.15, -0.1) is 0 Å². The second-order valence-electron chi connectivity index (χ2n) is 4.05. The van der Waals surface area contributed by atoms with Crippen LogP contribution in [0.3, 0.4) is 0 Å². The van der Waals surface area contributed by atoms with Crippen LogP contribution in [0.4, 0.5) is 0 Å². The molecule has 0 fully saturated rings. The zero-order valence-corrected chi connectivity index (χ0v) is 10.8. The molecule has 94 valence electrons. The maximum Gasteiger partial charge on any atom is 0.244 e. The minimum absolute atomic E-state index is 0.114. The average Bonchev–Trinajstić information content (AvgIpc) is 2.42. The fraction of sp³-hybridized carbons (Fsp3) is 0.333. The first-order valence-corrected chi connectivity index (χ1v) is 6.19. The maximum atomic E-state index is 11.7. The van der Waals surface area contributed by atoms with Crippen LogP contribution in [0.25, 0.3) is 6.08 Å². The quantitative estimate of drug-likeness (QED) is 0.807. The molecule has 0 saturated carbocycles. The second-order valence-corrected chi connectivity index (χ2v) is 4.05. The van der Waals surface area contributed by atoms with Crippen LogP contribution in [0, 0.1) is 11.3 Å². The molecule has 0 bridgehead atoms. The van der Waals surface area contributed by atoms with Crippen LogP contribution >= 0.6 is 0 Å². The molecule has 0 aliphatic rings. The predicted octanol–water partition coefficient (Wildman–Crippen LogP) is 2.88. The highest BCUT2D eigenvalue weighted by Gasteiger charge is 2.05. The van der Waals surface area contributed by atoms with Crippen LogP contribution < -0.4 is 5.32 Å². The van der Waals surface area contributed by atoms with E-state index in [2.05, 4.69) is 11.4 Å². The Bertz CT molecular complexity index is 468. The van der Waals surface area contributed by atoms with Crippen molar-refractivity contribution in [2.24, 2.45) is 0 Å². The minimum Gasteiger partial charge on any atom is -0.350 e. The molecule has 18 heavy (non-hydrogen) atoms. The van der Waals surface area contributed by atoms with Gasteiger partial charge in [0.2, 0.25) is 5.91 Å². The molecule has 0 heterocycles. The van der Waals surface area contributed by atoms with Crippen LogP contribution in [0.1, 0.15) is 37.8 Å². The Morgan fingerprint density at radius 2 is 2.06 bits per heavy atom. The smallest absolute Gasteiger partial charge is 0.244 e. The molecule has 0 aromatic heterocycles. The summed E-state index contributed by atoms with van der Waals surface area (Å²) < 4.78 is 0. The Morgan fingerprint density at radius 1 is 1.39 bits per heavy atom. The number of nitrogens with zero attached hydrogens (tertiary/aromatic N) is 1. The van der Waals surface area contributed by atoms with E-state index in [0.717, 1.165) is 18.4 Å². The van der Waals surface area contributed by atoms with Gasteiger partial charge in [-0.3, -0.25) is 4.79 Å². The molecule has 0 radical (unpaired) electrons. The number of nitriles is 1. The van der Waals surface area contributed by atoms with Crippen molar-refractivity contribution in [2.45, 2.75) is 32.7 Å². The third kappa shape index (κ3) is 4.06. The molecule has 1 aromatic rings. The van der Waals surface area contributed by atoms with Crippen molar-refractivity contribution in [3.05, 3.63) is 41.5 Å². The van der Waals surface area contributed by atoms with E-state index in [1.165, 1.54) is 6.08 Å². The Hall–Kier alpha value is -2.08. The summed E-state index contributed by atoms with van der Waals surface area (Å²) >= 11 is 0. The summed E-state index contributed by atoms with van der Waals surface area (Å²) in [6.07, 6.45) is 5.00. The first-order valence-electron chi connectivity index (χ1n) is 6.19. The van der Waals surface area contributed by atoms with Gasteiger partial charge in [0.25, 0.3) is 0 Å². The molecule has 0 aliphatic carbocycles. The van der Waals surface area contributed by atoms with E-state index in [-0.39, 0.29) is 11.9 Å². The SMILES string of the molecule is CCC(CC)NC(=O)C=Cc1ccccc1C#N. The number of nitrogens with one attached hydrogen (secondary N) is 1. The molecular weight excluding hydrogens is 224 g/mol. The zero-order chi connectivity index (χ0) is 13.4. The van der Waals surface area contributed by atoms with Crippen molar-refractivity contribution in [3.8, 4) is 6.07 Å². The molecule has 0 unspecified atom stereocenters. The van der Waals surface area contributed by atoms with E-state index in [4.69, 9.17) is 5.26 Å². The van der Waals surface area contributed by atoms with Gasteiger partial charge in [-0.1, -0.05) is 32.0 Å². The van der Waals surface area contributed by atoms with E-state index in [1.54, 1.807) is 18.2 Å². The molecule has 0 aliphatic heterocycles. The van der Waals surface area contributed by atoms with Crippen molar-refractivity contribution in [1.82, 2.24) is 5.32 Å². The number of amides is 1. The Balaban J connectivity index is 2.69. The third-order valence-corrected chi connectivity index (χ3v) is 2.83. The number of hydrogen-bond acceptors (Lipinski definition) is 2. The summed E-state index contributed by atoms with van der Waals surface area (Å²) in [6.45, 7) is 4.09. The second kappa shape index (κ2) is 7.29. The van der Waals surface area contributed by atoms with Gasteiger partial charge in [-0.2, -0.15) is 5.26 Å². The Morgan fingerprint density at radius 3 is 2.67 bits per heavy atom.